The first kappa shape index (κ1) is 17.2. The lowest BCUT2D eigenvalue weighted by Gasteiger charge is -2.31. The Morgan fingerprint density at radius 1 is 1.07 bits per heavy atom. The summed E-state index contributed by atoms with van der Waals surface area (Å²) in [7, 11) is 0. The van der Waals surface area contributed by atoms with Gasteiger partial charge in [0.05, 0.1) is 0 Å². The quantitative estimate of drug-likeness (QED) is 0.736. The van der Waals surface area contributed by atoms with Crippen LogP contribution in [-0.2, 0) is 0 Å². The number of hydrogen-bond acceptors (Lipinski definition) is 3. The summed E-state index contributed by atoms with van der Waals surface area (Å²) >= 11 is 0. The molecule has 2 amide bonds. The van der Waals surface area contributed by atoms with Crippen molar-refractivity contribution in [2.75, 3.05) is 18.4 Å². The monoisotopic (exact) mass is 365 g/mol. The van der Waals surface area contributed by atoms with Crippen LogP contribution >= 0.6 is 0 Å². The van der Waals surface area contributed by atoms with Gasteiger partial charge < -0.3 is 10.2 Å². The molecule has 4 rings (SSSR count). The van der Waals surface area contributed by atoms with Gasteiger partial charge in [0.15, 0.2) is 5.82 Å². The average Bonchev–Trinajstić information content (AvgIpc) is 3.21. The van der Waals surface area contributed by atoms with Crippen molar-refractivity contribution in [1.82, 2.24) is 20.1 Å². The predicted molar refractivity (Wildman–Crippen MR) is 101 cm³/mol. The molecule has 1 aromatic heterocycles. The van der Waals surface area contributed by atoms with E-state index in [2.05, 4.69) is 20.5 Å². The Balaban J connectivity index is 1.34. The second-order valence-electron chi connectivity index (χ2n) is 6.61. The normalized spacial score (nSPS) is 14.9. The lowest BCUT2D eigenvalue weighted by molar-refractivity contribution is 0.193. The zero-order valence-electron chi connectivity index (χ0n) is 14.7. The van der Waals surface area contributed by atoms with Crippen LogP contribution < -0.4 is 5.32 Å². The Bertz CT molecular complexity index is 902. The molecule has 6 nitrogen and oxygen atoms in total. The van der Waals surface area contributed by atoms with Gasteiger partial charge in [-0.05, 0) is 37.1 Å². The third-order valence-electron chi connectivity index (χ3n) is 4.80. The maximum Gasteiger partial charge on any atom is 0.321 e. The molecule has 0 atom stereocenters. The second-order valence-corrected chi connectivity index (χ2v) is 6.61. The number of urea groups is 1. The predicted octanol–water partition coefficient (Wildman–Crippen LogP) is 4.02. The first-order chi connectivity index (χ1) is 13.2. The lowest BCUT2D eigenvalue weighted by atomic mass is 9.96. The highest BCUT2D eigenvalue weighted by molar-refractivity contribution is 5.89. The summed E-state index contributed by atoms with van der Waals surface area (Å²) < 4.78 is 13.0. The molecule has 138 valence electrons. The van der Waals surface area contributed by atoms with Gasteiger partial charge in [0.1, 0.15) is 11.6 Å². The molecule has 2 N–H and O–H groups in total. The standard InChI is InChI=1S/C20H20FN5O/c21-16-6-8-17(9-7-16)22-20(27)26-12-10-15(11-13-26)19-23-18(24-25-19)14-4-2-1-3-5-14/h1-9,15H,10-13H2,(H,22,27)(H,23,24,25). The molecule has 3 aromatic rings. The van der Waals surface area contributed by atoms with E-state index in [4.69, 9.17) is 0 Å². The maximum absolute atomic E-state index is 13.0. The number of piperidine rings is 1. The number of nitrogens with zero attached hydrogens (tertiary/aromatic N) is 3. The number of carbonyl (C=O) groups excluding carboxylic acids is 1. The molecule has 1 aliphatic rings. The van der Waals surface area contributed by atoms with Gasteiger partial charge in [-0.1, -0.05) is 30.3 Å². The SMILES string of the molecule is O=C(Nc1ccc(F)cc1)N1CCC(c2nc(-c3ccccc3)n[nH]2)CC1. The molecule has 1 saturated heterocycles. The molecule has 0 spiro atoms. The van der Waals surface area contributed by atoms with Crippen LogP contribution in [-0.4, -0.2) is 39.2 Å². The van der Waals surface area contributed by atoms with Crippen molar-refractivity contribution in [3.05, 3.63) is 66.2 Å². The van der Waals surface area contributed by atoms with Crippen molar-refractivity contribution >= 4 is 11.7 Å². The lowest BCUT2D eigenvalue weighted by Crippen LogP contribution is -2.40. The number of hydrogen-bond donors (Lipinski definition) is 2. The number of halogens is 1. The number of likely N-dealkylation sites (tertiary alicyclic amines) is 1. The molecule has 0 unspecified atom stereocenters. The van der Waals surface area contributed by atoms with E-state index in [1.165, 1.54) is 12.1 Å². The minimum Gasteiger partial charge on any atom is -0.324 e. The van der Waals surface area contributed by atoms with Gasteiger partial charge in [0.2, 0.25) is 0 Å². The van der Waals surface area contributed by atoms with Crippen LogP contribution in [0.15, 0.2) is 54.6 Å². The highest BCUT2D eigenvalue weighted by Gasteiger charge is 2.26. The second kappa shape index (κ2) is 7.57. The van der Waals surface area contributed by atoms with Crippen LogP contribution in [0, 0.1) is 5.82 Å². The topological polar surface area (TPSA) is 73.9 Å². The zero-order valence-corrected chi connectivity index (χ0v) is 14.7. The summed E-state index contributed by atoms with van der Waals surface area (Å²) in [5.74, 6) is 1.50. The van der Waals surface area contributed by atoms with Gasteiger partial charge in [-0.2, -0.15) is 5.10 Å². The van der Waals surface area contributed by atoms with Crippen molar-refractivity contribution in [2.24, 2.45) is 0 Å². The molecule has 2 aromatic carbocycles. The summed E-state index contributed by atoms with van der Waals surface area (Å²) in [5, 5.41) is 10.2. The number of anilines is 1. The molecule has 1 aliphatic heterocycles. The van der Waals surface area contributed by atoms with Crippen molar-refractivity contribution in [1.29, 1.82) is 0 Å². The van der Waals surface area contributed by atoms with E-state index in [0.717, 1.165) is 24.2 Å². The van der Waals surface area contributed by atoms with Crippen molar-refractivity contribution in [3.63, 3.8) is 0 Å². The van der Waals surface area contributed by atoms with Gasteiger partial charge in [-0.25, -0.2) is 14.2 Å². The van der Waals surface area contributed by atoms with Crippen LogP contribution in [0.3, 0.4) is 0 Å². The van der Waals surface area contributed by atoms with E-state index in [9.17, 15) is 9.18 Å². The third-order valence-corrected chi connectivity index (χ3v) is 4.80. The minimum absolute atomic E-state index is 0.164. The molecule has 1 fully saturated rings. The third kappa shape index (κ3) is 3.97. The smallest absolute Gasteiger partial charge is 0.321 e. The van der Waals surface area contributed by atoms with Crippen molar-refractivity contribution in [3.8, 4) is 11.4 Å². The highest BCUT2D eigenvalue weighted by Crippen LogP contribution is 2.27. The number of aromatic amines is 1. The number of benzene rings is 2. The first-order valence-electron chi connectivity index (χ1n) is 8.98. The average molecular weight is 365 g/mol. The number of carbonyl (C=O) groups is 1. The van der Waals surface area contributed by atoms with E-state index in [1.807, 2.05) is 30.3 Å². The fraction of sp³-hybridized carbons (Fsp3) is 0.250. The Labute approximate surface area is 156 Å². The van der Waals surface area contributed by atoms with E-state index >= 15 is 0 Å². The van der Waals surface area contributed by atoms with Gasteiger partial charge in [-0.15, -0.1) is 0 Å². The Morgan fingerprint density at radius 2 is 1.78 bits per heavy atom. The fourth-order valence-electron chi connectivity index (χ4n) is 3.26. The van der Waals surface area contributed by atoms with Crippen molar-refractivity contribution in [2.45, 2.75) is 18.8 Å². The Morgan fingerprint density at radius 3 is 2.48 bits per heavy atom. The van der Waals surface area contributed by atoms with E-state index in [0.29, 0.717) is 24.6 Å². The van der Waals surface area contributed by atoms with E-state index in [1.54, 1.807) is 17.0 Å². The highest BCUT2D eigenvalue weighted by atomic mass is 19.1. The number of H-pyrrole nitrogens is 1. The van der Waals surface area contributed by atoms with E-state index in [-0.39, 0.29) is 17.8 Å². The van der Waals surface area contributed by atoms with Gasteiger partial charge in [0.25, 0.3) is 0 Å². The first-order valence-corrected chi connectivity index (χ1v) is 8.98. The van der Waals surface area contributed by atoms with Crippen molar-refractivity contribution < 1.29 is 9.18 Å². The van der Waals surface area contributed by atoms with E-state index < -0.39 is 0 Å². The molecular weight excluding hydrogens is 345 g/mol. The number of nitrogens with one attached hydrogen (secondary N) is 2. The Kier molecular flexibility index (Phi) is 4.82. The molecule has 0 saturated carbocycles. The van der Waals surface area contributed by atoms with Crippen LogP contribution in [0.4, 0.5) is 14.9 Å². The summed E-state index contributed by atoms with van der Waals surface area (Å²) in [6.07, 6.45) is 1.64. The fourth-order valence-corrected chi connectivity index (χ4v) is 3.26. The molecule has 0 aliphatic carbocycles. The molecule has 0 bridgehead atoms. The number of rotatable bonds is 3. The summed E-state index contributed by atoms with van der Waals surface area (Å²) in [5.41, 5.74) is 1.57. The molecule has 7 heteroatoms. The minimum atomic E-state index is -0.323. The molecule has 27 heavy (non-hydrogen) atoms. The van der Waals surface area contributed by atoms with Gasteiger partial charge in [-0.3, -0.25) is 5.10 Å². The number of aromatic nitrogens is 3. The van der Waals surface area contributed by atoms with Gasteiger partial charge >= 0.3 is 6.03 Å². The Hall–Kier alpha value is -3.22. The van der Waals surface area contributed by atoms with Gasteiger partial charge in [0, 0.05) is 30.3 Å². The largest absolute Gasteiger partial charge is 0.324 e. The van der Waals surface area contributed by atoms with Crippen LogP contribution in [0.5, 0.6) is 0 Å². The summed E-state index contributed by atoms with van der Waals surface area (Å²) in [4.78, 5) is 18.8. The molecular formula is C20H20FN5O. The molecule has 2 heterocycles. The van der Waals surface area contributed by atoms with Crippen LogP contribution in [0.25, 0.3) is 11.4 Å². The summed E-state index contributed by atoms with van der Waals surface area (Å²) in [6, 6.07) is 15.5. The van der Waals surface area contributed by atoms with Crippen LogP contribution in [0.2, 0.25) is 0 Å². The maximum atomic E-state index is 13.0. The molecule has 0 radical (unpaired) electrons. The van der Waals surface area contributed by atoms with Crippen LogP contribution in [0.1, 0.15) is 24.6 Å². The number of amides is 2. The zero-order chi connectivity index (χ0) is 18.6. The summed E-state index contributed by atoms with van der Waals surface area (Å²) in [6.45, 7) is 1.28.